The third-order valence-corrected chi connectivity index (χ3v) is 3.81. The summed E-state index contributed by atoms with van der Waals surface area (Å²) in [4.78, 5) is 0. The molecule has 1 atom stereocenters. The number of hydrogen-bond acceptors (Lipinski definition) is 4. The van der Waals surface area contributed by atoms with Crippen molar-refractivity contribution in [3.8, 4) is 0 Å². The molecule has 0 radical (unpaired) electrons. The number of nitrogens with two attached hydrogens (primary N) is 1. The maximum absolute atomic E-state index is 11.1. The van der Waals surface area contributed by atoms with Crippen LogP contribution >= 0.6 is 0 Å². The Morgan fingerprint density at radius 1 is 1.22 bits per heavy atom. The lowest BCUT2D eigenvalue weighted by Gasteiger charge is -2.16. The summed E-state index contributed by atoms with van der Waals surface area (Å²) in [6, 6.07) is 6.32. The van der Waals surface area contributed by atoms with Crippen molar-refractivity contribution >= 4 is 9.84 Å². The number of aryl methyl sites for hydroxylation is 2. The molecule has 1 aromatic rings. The monoisotopic (exact) mass is 270 g/mol. The number of benzene rings is 1. The second kappa shape index (κ2) is 6.31. The standard InChI is InChI=1S/C13H22N2O2S/c1-10-6-11(2)8-12(7-10)9-13(15-14)4-5-18(3,16)17/h6-8,13,15H,4-5,9,14H2,1-3H3. The Labute approximate surface area is 109 Å². The largest absolute Gasteiger partial charge is 0.271 e. The van der Waals surface area contributed by atoms with Gasteiger partial charge in [0.1, 0.15) is 9.84 Å². The lowest BCUT2D eigenvalue weighted by atomic mass is 10.0. The Bertz CT molecular complexity index is 477. The normalized spacial score (nSPS) is 13.6. The molecule has 0 amide bonds. The summed E-state index contributed by atoms with van der Waals surface area (Å²) in [7, 11) is -2.93. The molecule has 18 heavy (non-hydrogen) atoms. The van der Waals surface area contributed by atoms with Crippen molar-refractivity contribution in [2.75, 3.05) is 12.0 Å². The van der Waals surface area contributed by atoms with Gasteiger partial charge in [-0.2, -0.15) is 0 Å². The molecule has 0 fully saturated rings. The molecule has 0 aliphatic rings. The van der Waals surface area contributed by atoms with Gasteiger partial charge in [-0.15, -0.1) is 0 Å². The molecule has 0 spiro atoms. The van der Waals surface area contributed by atoms with Crippen molar-refractivity contribution in [2.24, 2.45) is 5.84 Å². The van der Waals surface area contributed by atoms with Crippen LogP contribution in [0.4, 0.5) is 0 Å². The van der Waals surface area contributed by atoms with Crippen molar-refractivity contribution in [3.05, 3.63) is 34.9 Å². The highest BCUT2D eigenvalue weighted by Crippen LogP contribution is 2.12. The van der Waals surface area contributed by atoms with Gasteiger partial charge in [-0.05, 0) is 32.3 Å². The zero-order valence-corrected chi connectivity index (χ0v) is 12.0. The molecule has 102 valence electrons. The zero-order valence-electron chi connectivity index (χ0n) is 11.2. The van der Waals surface area contributed by atoms with Crippen molar-refractivity contribution in [1.29, 1.82) is 0 Å². The van der Waals surface area contributed by atoms with E-state index in [-0.39, 0.29) is 11.8 Å². The molecule has 0 bridgehead atoms. The lowest BCUT2D eigenvalue weighted by Crippen LogP contribution is -2.38. The molecule has 0 heterocycles. The van der Waals surface area contributed by atoms with Crippen LogP contribution in [0.5, 0.6) is 0 Å². The van der Waals surface area contributed by atoms with Gasteiger partial charge in [-0.3, -0.25) is 11.3 Å². The van der Waals surface area contributed by atoms with Crippen LogP contribution in [0, 0.1) is 13.8 Å². The minimum absolute atomic E-state index is 0.0130. The van der Waals surface area contributed by atoms with Crippen LogP contribution in [-0.2, 0) is 16.3 Å². The van der Waals surface area contributed by atoms with E-state index in [1.807, 2.05) is 0 Å². The van der Waals surface area contributed by atoms with Gasteiger partial charge in [0.2, 0.25) is 0 Å². The van der Waals surface area contributed by atoms with Gasteiger partial charge in [-0.1, -0.05) is 29.3 Å². The maximum atomic E-state index is 11.1. The molecule has 3 N–H and O–H groups in total. The number of rotatable bonds is 6. The fourth-order valence-electron chi connectivity index (χ4n) is 2.07. The number of nitrogens with one attached hydrogen (secondary N) is 1. The van der Waals surface area contributed by atoms with E-state index in [0.29, 0.717) is 6.42 Å². The van der Waals surface area contributed by atoms with Crippen LogP contribution in [0.2, 0.25) is 0 Å². The smallest absolute Gasteiger partial charge is 0.147 e. The minimum Gasteiger partial charge on any atom is -0.271 e. The Morgan fingerprint density at radius 2 is 1.78 bits per heavy atom. The van der Waals surface area contributed by atoms with E-state index in [9.17, 15) is 8.42 Å². The summed E-state index contributed by atoms with van der Waals surface area (Å²) in [6.45, 7) is 4.11. The first kappa shape index (κ1) is 15.1. The maximum Gasteiger partial charge on any atom is 0.147 e. The van der Waals surface area contributed by atoms with E-state index >= 15 is 0 Å². The summed E-state index contributed by atoms with van der Waals surface area (Å²) in [5, 5.41) is 0. The van der Waals surface area contributed by atoms with E-state index in [2.05, 4.69) is 37.5 Å². The van der Waals surface area contributed by atoms with Gasteiger partial charge in [0.05, 0.1) is 5.75 Å². The summed E-state index contributed by atoms with van der Waals surface area (Å²) in [5.74, 6) is 5.64. The van der Waals surface area contributed by atoms with Crippen LogP contribution in [0.1, 0.15) is 23.1 Å². The number of hydrazine groups is 1. The van der Waals surface area contributed by atoms with Crippen molar-refractivity contribution in [3.63, 3.8) is 0 Å². The first-order chi connectivity index (χ1) is 8.30. The van der Waals surface area contributed by atoms with Gasteiger partial charge in [0, 0.05) is 12.3 Å². The Hall–Kier alpha value is -0.910. The molecule has 4 nitrogen and oxygen atoms in total. The summed E-state index contributed by atoms with van der Waals surface area (Å²) in [6.07, 6.45) is 2.52. The van der Waals surface area contributed by atoms with E-state index < -0.39 is 9.84 Å². The molecule has 0 saturated carbocycles. The summed E-state index contributed by atoms with van der Waals surface area (Å²) in [5.41, 5.74) is 6.31. The Kier molecular flexibility index (Phi) is 5.31. The van der Waals surface area contributed by atoms with Crippen molar-refractivity contribution in [1.82, 2.24) is 5.43 Å². The Balaban J connectivity index is 2.67. The average molecular weight is 270 g/mol. The number of sulfone groups is 1. The van der Waals surface area contributed by atoms with E-state index in [1.165, 1.54) is 22.9 Å². The molecular weight excluding hydrogens is 248 g/mol. The fourth-order valence-corrected chi connectivity index (χ4v) is 2.78. The lowest BCUT2D eigenvalue weighted by molar-refractivity contribution is 0.506. The zero-order chi connectivity index (χ0) is 13.8. The highest BCUT2D eigenvalue weighted by Gasteiger charge is 2.12. The molecule has 1 unspecified atom stereocenters. The Morgan fingerprint density at radius 3 is 2.22 bits per heavy atom. The topological polar surface area (TPSA) is 72.2 Å². The molecule has 0 aliphatic carbocycles. The average Bonchev–Trinajstić information content (AvgIpc) is 2.21. The van der Waals surface area contributed by atoms with Crippen LogP contribution in [0.25, 0.3) is 0 Å². The van der Waals surface area contributed by atoms with Crippen LogP contribution < -0.4 is 11.3 Å². The van der Waals surface area contributed by atoms with Crippen molar-refractivity contribution in [2.45, 2.75) is 32.7 Å². The van der Waals surface area contributed by atoms with Gasteiger partial charge in [-0.25, -0.2) is 8.42 Å². The van der Waals surface area contributed by atoms with Crippen LogP contribution in [0.15, 0.2) is 18.2 Å². The van der Waals surface area contributed by atoms with Crippen LogP contribution in [-0.4, -0.2) is 26.5 Å². The predicted octanol–water partition coefficient (Wildman–Crippen LogP) is 1.11. The van der Waals surface area contributed by atoms with Gasteiger partial charge in [0.25, 0.3) is 0 Å². The van der Waals surface area contributed by atoms with Gasteiger partial charge < -0.3 is 0 Å². The van der Waals surface area contributed by atoms with Crippen LogP contribution in [0.3, 0.4) is 0 Å². The fraction of sp³-hybridized carbons (Fsp3) is 0.538. The minimum atomic E-state index is -2.93. The summed E-state index contributed by atoms with van der Waals surface area (Å²) >= 11 is 0. The third kappa shape index (κ3) is 5.62. The highest BCUT2D eigenvalue weighted by atomic mass is 32.2. The number of hydrogen-bond donors (Lipinski definition) is 2. The van der Waals surface area contributed by atoms with Crippen molar-refractivity contribution < 1.29 is 8.42 Å². The van der Waals surface area contributed by atoms with E-state index in [0.717, 1.165) is 6.42 Å². The molecule has 1 rings (SSSR count). The third-order valence-electron chi connectivity index (χ3n) is 2.84. The molecular formula is C13H22N2O2S. The molecule has 0 saturated heterocycles. The molecule has 5 heteroatoms. The quantitative estimate of drug-likeness (QED) is 0.600. The summed E-state index contributed by atoms with van der Waals surface area (Å²) < 4.78 is 22.3. The first-order valence-electron chi connectivity index (χ1n) is 6.01. The molecule has 0 aliphatic heterocycles. The molecule has 0 aromatic heterocycles. The van der Waals surface area contributed by atoms with E-state index in [1.54, 1.807) is 0 Å². The van der Waals surface area contributed by atoms with Gasteiger partial charge >= 0.3 is 0 Å². The first-order valence-corrected chi connectivity index (χ1v) is 8.07. The van der Waals surface area contributed by atoms with E-state index in [4.69, 9.17) is 5.84 Å². The predicted molar refractivity (Wildman–Crippen MR) is 75.1 cm³/mol. The second-order valence-electron chi connectivity index (χ2n) is 4.98. The second-order valence-corrected chi connectivity index (χ2v) is 7.24. The van der Waals surface area contributed by atoms with Gasteiger partial charge in [0.15, 0.2) is 0 Å². The molecule has 1 aromatic carbocycles. The SMILES string of the molecule is Cc1cc(C)cc(CC(CCS(C)(=O)=O)NN)c1. The highest BCUT2D eigenvalue weighted by molar-refractivity contribution is 7.90.